The molecule has 0 spiro atoms. The van der Waals surface area contributed by atoms with E-state index in [2.05, 4.69) is 33.0 Å². The third kappa shape index (κ3) is 31.2. The van der Waals surface area contributed by atoms with Gasteiger partial charge < -0.3 is 16.2 Å². The number of aliphatic hydroxyl groups excluding tert-OH is 1. The van der Waals surface area contributed by atoms with Gasteiger partial charge in [0.05, 0.1) is 6.61 Å². The fraction of sp³-hybridized carbons (Fsp3) is 1.00. The van der Waals surface area contributed by atoms with Crippen molar-refractivity contribution in [1.82, 2.24) is 5.32 Å². The van der Waals surface area contributed by atoms with Gasteiger partial charge in [0.25, 0.3) is 0 Å². The number of unbranched alkanes of at least 4 members (excludes halogenated alkanes) is 30. The lowest BCUT2D eigenvalue weighted by atomic mass is 9.77. The molecule has 278 valence electrons. The molecule has 0 heterocycles. The lowest BCUT2D eigenvalue weighted by molar-refractivity contribution is 0.176. The molecule has 0 fully saturated rings. The Morgan fingerprint density at radius 1 is 0.435 bits per heavy atom. The van der Waals surface area contributed by atoms with Crippen molar-refractivity contribution >= 4 is 0 Å². The highest BCUT2D eigenvalue weighted by atomic mass is 16.3. The molecule has 46 heavy (non-hydrogen) atoms. The Morgan fingerprint density at radius 2 is 0.696 bits per heavy atom. The van der Waals surface area contributed by atoms with Crippen molar-refractivity contribution in [3.8, 4) is 0 Å². The van der Waals surface area contributed by atoms with Crippen molar-refractivity contribution in [1.29, 1.82) is 0 Å². The fourth-order valence-corrected chi connectivity index (χ4v) is 7.66. The molecule has 0 aliphatic carbocycles. The van der Waals surface area contributed by atoms with Crippen molar-refractivity contribution < 1.29 is 5.11 Å². The summed E-state index contributed by atoms with van der Waals surface area (Å²) in [5.41, 5.74) is 6.88. The first-order chi connectivity index (χ1) is 22.5. The first kappa shape index (κ1) is 45.9. The maximum Gasteiger partial charge on any atom is 0.0556 e. The van der Waals surface area contributed by atoms with E-state index in [1.807, 2.05) is 0 Å². The van der Waals surface area contributed by atoms with Gasteiger partial charge in [-0.2, -0.15) is 0 Å². The van der Waals surface area contributed by atoms with E-state index in [1.165, 1.54) is 212 Å². The summed E-state index contributed by atoms with van der Waals surface area (Å²) >= 11 is 0. The molecule has 0 rings (SSSR count). The lowest BCUT2D eigenvalue weighted by Gasteiger charge is -2.39. The highest BCUT2D eigenvalue weighted by Gasteiger charge is 2.32. The number of hydrogen-bond acceptors (Lipinski definition) is 3. The van der Waals surface area contributed by atoms with Gasteiger partial charge in [-0.15, -0.1) is 0 Å². The van der Waals surface area contributed by atoms with Gasteiger partial charge in [-0.05, 0) is 32.6 Å². The molecule has 0 aromatic carbocycles. The minimum Gasteiger partial charge on any atom is -0.395 e. The summed E-state index contributed by atoms with van der Waals surface area (Å²) in [4.78, 5) is 0. The van der Waals surface area contributed by atoms with Crippen LogP contribution in [0.25, 0.3) is 0 Å². The highest BCUT2D eigenvalue weighted by molar-refractivity contribution is 4.92. The minimum absolute atomic E-state index is 0.0211. The van der Waals surface area contributed by atoms with Crippen LogP contribution in [0.1, 0.15) is 246 Å². The Labute approximate surface area is 292 Å². The van der Waals surface area contributed by atoms with Crippen LogP contribution in [0.5, 0.6) is 0 Å². The molecule has 0 radical (unpaired) electrons. The number of rotatable bonds is 39. The maximum atomic E-state index is 9.44. The minimum atomic E-state index is -0.0211. The predicted octanol–water partition coefficient (Wildman–Crippen LogP) is 13.6. The first-order valence-electron chi connectivity index (χ1n) is 21.6. The van der Waals surface area contributed by atoms with E-state index >= 15 is 0 Å². The summed E-state index contributed by atoms with van der Waals surface area (Å²) in [6, 6.07) is 0.254. The van der Waals surface area contributed by atoms with Crippen LogP contribution < -0.4 is 11.1 Å². The van der Waals surface area contributed by atoms with Crippen molar-refractivity contribution in [3.63, 3.8) is 0 Å². The molecule has 4 N–H and O–H groups in total. The van der Waals surface area contributed by atoms with E-state index in [0.717, 1.165) is 6.42 Å². The molecule has 3 nitrogen and oxygen atoms in total. The molecule has 0 aromatic rings. The molecule has 0 amide bonds. The molecule has 3 heteroatoms. The van der Waals surface area contributed by atoms with E-state index < -0.39 is 0 Å². The van der Waals surface area contributed by atoms with E-state index in [0.29, 0.717) is 12.5 Å². The van der Waals surface area contributed by atoms with Crippen molar-refractivity contribution in [3.05, 3.63) is 0 Å². The van der Waals surface area contributed by atoms with Crippen molar-refractivity contribution in [2.45, 2.75) is 258 Å². The Morgan fingerprint density at radius 3 is 0.978 bits per heavy atom. The zero-order valence-corrected chi connectivity index (χ0v) is 32.6. The average Bonchev–Trinajstić information content (AvgIpc) is 3.04. The van der Waals surface area contributed by atoms with Crippen LogP contribution in [-0.4, -0.2) is 29.8 Å². The van der Waals surface area contributed by atoms with E-state index in [1.54, 1.807) is 0 Å². The molecule has 2 unspecified atom stereocenters. The van der Waals surface area contributed by atoms with E-state index in [9.17, 15) is 5.11 Å². The standard InChI is InChI=1S/C43H90N2O/c1-5-7-9-11-13-15-17-19-21-23-25-27-29-31-33-35-37-41(43(3,4)45-39-40-46)42(44)38-36-34-32-30-28-26-24-22-20-18-16-14-12-10-8-6-2/h41-42,45-46H,5-40,44H2,1-4H3. The predicted molar refractivity (Wildman–Crippen MR) is 209 cm³/mol. The molecule has 0 aliphatic heterocycles. The summed E-state index contributed by atoms with van der Waals surface area (Å²) in [5, 5.41) is 13.1. The van der Waals surface area contributed by atoms with E-state index in [4.69, 9.17) is 5.73 Å². The van der Waals surface area contributed by atoms with Crippen LogP contribution in [0, 0.1) is 5.92 Å². The van der Waals surface area contributed by atoms with Gasteiger partial charge in [0, 0.05) is 18.1 Å². The molecule has 0 saturated carbocycles. The van der Waals surface area contributed by atoms with Gasteiger partial charge in [-0.1, -0.05) is 219 Å². The summed E-state index contributed by atoms with van der Waals surface area (Å²) in [6.45, 7) is 10.1. The molecule has 0 bridgehead atoms. The molecule has 2 atom stereocenters. The van der Waals surface area contributed by atoms with Crippen molar-refractivity contribution in [2.75, 3.05) is 13.2 Å². The van der Waals surface area contributed by atoms with Gasteiger partial charge in [0.2, 0.25) is 0 Å². The van der Waals surface area contributed by atoms with Gasteiger partial charge >= 0.3 is 0 Å². The Balaban J connectivity index is 3.91. The zero-order chi connectivity index (χ0) is 33.8. The van der Waals surface area contributed by atoms with Crippen LogP contribution >= 0.6 is 0 Å². The number of nitrogens with one attached hydrogen (secondary N) is 1. The Kier molecular flexibility index (Phi) is 36.1. The third-order valence-electron chi connectivity index (χ3n) is 10.9. The van der Waals surface area contributed by atoms with Gasteiger partial charge in [-0.25, -0.2) is 0 Å². The summed E-state index contributed by atoms with van der Waals surface area (Å²) in [6.07, 6.45) is 47.7. The topological polar surface area (TPSA) is 58.3 Å². The fourth-order valence-electron chi connectivity index (χ4n) is 7.66. The average molecular weight is 651 g/mol. The maximum absolute atomic E-state index is 9.44. The van der Waals surface area contributed by atoms with E-state index in [-0.39, 0.29) is 18.2 Å². The second kappa shape index (κ2) is 36.2. The third-order valence-corrected chi connectivity index (χ3v) is 10.9. The Hall–Kier alpha value is -0.120. The normalized spacial score (nSPS) is 13.4. The molecular formula is C43H90N2O. The number of β-amino-alcohol motifs (C(OH)–C–C–N with tert-alkyl or cyclic N) is 1. The first-order valence-corrected chi connectivity index (χ1v) is 21.6. The number of hydrogen-bond donors (Lipinski definition) is 3. The van der Waals surface area contributed by atoms with Gasteiger partial charge in [-0.3, -0.25) is 0 Å². The summed E-state index contributed by atoms with van der Waals surface area (Å²) in [5.74, 6) is 0.474. The summed E-state index contributed by atoms with van der Waals surface area (Å²) < 4.78 is 0. The zero-order valence-electron chi connectivity index (χ0n) is 32.6. The molecule has 0 aromatic heterocycles. The Bertz CT molecular complexity index is 565. The lowest BCUT2D eigenvalue weighted by Crippen LogP contribution is -2.53. The largest absolute Gasteiger partial charge is 0.395 e. The monoisotopic (exact) mass is 651 g/mol. The smallest absolute Gasteiger partial charge is 0.0556 e. The molecule has 0 saturated heterocycles. The van der Waals surface area contributed by atoms with Gasteiger partial charge in [0.15, 0.2) is 0 Å². The van der Waals surface area contributed by atoms with Crippen LogP contribution in [0.3, 0.4) is 0 Å². The number of aliphatic hydroxyl groups is 1. The van der Waals surface area contributed by atoms with Crippen LogP contribution in [0.2, 0.25) is 0 Å². The highest BCUT2D eigenvalue weighted by Crippen LogP contribution is 2.28. The van der Waals surface area contributed by atoms with Crippen LogP contribution in [0.4, 0.5) is 0 Å². The number of nitrogens with two attached hydrogens (primary N) is 1. The van der Waals surface area contributed by atoms with Crippen LogP contribution in [-0.2, 0) is 0 Å². The molecule has 0 aliphatic rings. The van der Waals surface area contributed by atoms with Gasteiger partial charge in [0.1, 0.15) is 0 Å². The van der Waals surface area contributed by atoms with Crippen LogP contribution in [0.15, 0.2) is 0 Å². The molecular weight excluding hydrogens is 560 g/mol. The second-order valence-corrected chi connectivity index (χ2v) is 15.8. The summed E-state index contributed by atoms with van der Waals surface area (Å²) in [7, 11) is 0. The second-order valence-electron chi connectivity index (χ2n) is 15.8. The van der Waals surface area contributed by atoms with Crippen molar-refractivity contribution in [2.24, 2.45) is 11.7 Å². The quantitative estimate of drug-likeness (QED) is 0.0580. The SMILES string of the molecule is CCCCCCCCCCCCCCCCCCC(N)C(CCCCCCCCCCCCCCCCCC)C(C)(C)NCCO.